The molecule has 3 rings (SSSR count). The third-order valence-corrected chi connectivity index (χ3v) is 3.50. The maximum absolute atomic E-state index is 12.6. The van der Waals surface area contributed by atoms with Gasteiger partial charge in [-0.1, -0.05) is 6.92 Å². The van der Waals surface area contributed by atoms with Crippen LogP contribution < -0.4 is 14.8 Å². The minimum Gasteiger partial charge on any atom is -0.437 e. The summed E-state index contributed by atoms with van der Waals surface area (Å²) in [7, 11) is 1.59. The van der Waals surface area contributed by atoms with Crippen LogP contribution in [0.1, 0.15) is 18.5 Å². The van der Waals surface area contributed by atoms with E-state index in [1.165, 1.54) is 23.0 Å². The molecule has 0 aliphatic heterocycles. The first-order chi connectivity index (χ1) is 12.9. The molecule has 0 spiro atoms. The predicted octanol–water partition coefficient (Wildman–Crippen LogP) is 3.21. The van der Waals surface area contributed by atoms with Crippen LogP contribution in [-0.4, -0.2) is 27.2 Å². The van der Waals surface area contributed by atoms with Gasteiger partial charge < -0.3 is 18.5 Å². The Kier molecular flexibility index (Phi) is 4.89. The molecule has 9 nitrogen and oxygen atoms in total. The van der Waals surface area contributed by atoms with Crippen LogP contribution in [0.5, 0.6) is 11.5 Å². The van der Waals surface area contributed by atoms with Crippen molar-refractivity contribution in [2.45, 2.75) is 20.0 Å². The number of aryl methyl sites for hydroxylation is 2. The Morgan fingerprint density at radius 3 is 2.85 bits per heavy atom. The number of anilines is 1. The summed E-state index contributed by atoms with van der Waals surface area (Å²) in [5.41, 5.74) is 0.00886. The van der Waals surface area contributed by atoms with Crippen LogP contribution in [0.25, 0.3) is 11.1 Å². The first-order valence-electron chi connectivity index (χ1n) is 7.70. The molecule has 0 radical (unpaired) electrons. The van der Waals surface area contributed by atoms with Crippen molar-refractivity contribution in [1.82, 2.24) is 14.5 Å². The molecule has 0 saturated heterocycles. The minimum absolute atomic E-state index is 0.00760. The number of ether oxygens (including phenoxy) is 2. The molecule has 0 fully saturated rings. The molecule has 0 aliphatic carbocycles. The molecule has 3 aromatic rings. The molecule has 0 bridgehead atoms. The highest BCUT2D eigenvalue weighted by Crippen LogP contribution is 2.34. The van der Waals surface area contributed by atoms with E-state index in [0.29, 0.717) is 6.42 Å². The fraction of sp³-hybridized carbons (Fsp3) is 0.250. The predicted molar refractivity (Wildman–Crippen MR) is 87.6 cm³/mol. The average Bonchev–Trinajstić information content (AvgIpc) is 3.21. The van der Waals surface area contributed by atoms with Gasteiger partial charge in [-0.25, -0.2) is 14.8 Å². The SMILES string of the molecule is CCc1nc2c(OC(F)F)ccc(OC(=O)Nc3c(C#N)ncn3C)c2o1. The van der Waals surface area contributed by atoms with Crippen molar-refractivity contribution in [1.29, 1.82) is 5.26 Å². The lowest BCUT2D eigenvalue weighted by Gasteiger charge is -2.09. The number of amides is 1. The van der Waals surface area contributed by atoms with E-state index in [1.54, 1.807) is 14.0 Å². The third-order valence-electron chi connectivity index (χ3n) is 3.50. The summed E-state index contributed by atoms with van der Waals surface area (Å²) < 4.78 is 41.6. The fourth-order valence-corrected chi connectivity index (χ4v) is 2.31. The molecule has 1 N–H and O–H groups in total. The lowest BCUT2D eigenvalue weighted by Crippen LogP contribution is -2.19. The van der Waals surface area contributed by atoms with E-state index in [1.807, 2.05) is 6.07 Å². The standard InChI is InChI=1S/C16H13F2N5O4/c1-3-11-21-12-9(25-15(17)18)4-5-10(13(12)27-11)26-16(24)22-14-8(6-19)20-7-23(14)2/h4-5,7,15H,3H2,1-2H3,(H,22,24). The molecule has 0 unspecified atom stereocenters. The van der Waals surface area contributed by atoms with Crippen LogP contribution in [0.15, 0.2) is 22.9 Å². The van der Waals surface area contributed by atoms with Gasteiger partial charge in [0.2, 0.25) is 5.58 Å². The van der Waals surface area contributed by atoms with E-state index >= 15 is 0 Å². The van der Waals surface area contributed by atoms with E-state index < -0.39 is 12.7 Å². The number of benzene rings is 1. The first kappa shape index (κ1) is 18.1. The number of rotatable bonds is 5. The minimum atomic E-state index is -3.04. The quantitative estimate of drug-likeness (QED) is 0.726. The number of hydrogen-bond acceptors (Lipinski definition) is 7. The Balaban J connectivity index is 1.90. The summed E-state index contributed by atoms with van der Waals surface area (Å²) in [6, 6.07) is 4.28. The first-order valence-corrected chi connectivity index (χ1v) is 7.70. The largest absolute Gasteiger partial charge is 0.437 e. The topological polar surface area (TPSA) is 115 Å². The number of nitriles is 1. The Morgan fingerprint density at radius 1 is 1.44 bits per heavy atom. The number of halogens is 2. The van der Waals surface area contributed by atoms with Gasteiger partial charge in [0.1, 0.15) is 6.07 Å². The molecule has 0 saturated carbocycles. The molecule has 140 valence electrons. The van der Waals surface area contributed by atoms with E-state index in [9.17, 15) is 13.6 Å². The summed E-state index contributed by atoms with van der Waals surface area (Å²) in [5.74, 6) is 0.161. The van der Waals surface area contributed by atoms with E-state index in [4.69, 9.17) is 14.4 Å². The summed E-state index contributed by atoms with van der Waals surface area (Å²) >= 11 is 0. The molecule has 27 heavy (non-hydrogen) atoms. The summed E-state index contributed by atoms with van der Waals surface area (Å²) in [6.07, 6.45) is 0.829. The number of aromatic nitrogens is 3. The van der Waals surface area contributed by atoms with Crippen LogP contribution in [0.2, 0.25) is 0 Å². The van der Waals surface area contributed by atoms with Crippen molar-refractivity contribution in [3.05, 3.63) is 30.0 Å². The number of hydrogen-bond donors (Lipinski definition) is 1. The van der Waals surface area contributed by atoms with Gasteiger partial charge in [-0.3, -0.25) is 5.32 Å². The summed E-state index contributed by atoms with van der Waals surface area (Å²) in [5, 5.41) is 11.4. The monoisotopic (exact) mass is 377 g/mol. The van der Waals surface area contributed by atoms with Crippen molar-refractivity contribution in [3.63, 3.8) is 0 Å². The highest BCUT2D eigenvalue weighted by Gasteiger charge is 2.21. The number of fused-ring (bicyclic) bond motifs is 1. The van der Waals surface area contributed by atoms with Gasteiger partial charge in [-0.2, -0.15) is 14.0 Å². The molecule has 0 atom stereocenters. The van der Waals surface area contributed by atoms with Crippen LogP contribution >= 0.6 is 0 Å². The Hall–Kier alpha value is -3.68. The van der Waals surface area contributed by atoms with Crippen LogP contribution in [-0.2, 0) is 13.5 Å². The van der Waals surface area contributed by atoms with Crippen LogP contribution in [0.4, 0.5) is 19.4 Å². The van der Waals surface area contributed by atoms with Crippen molar-refractivity contribution < 1.29 is 27.5 Å². The lowest BCUT2D eigenvalue weighted by atomic mass is 10.3. The maximum atomic E-state index is 12.6. The molecule has 1 aromatic carbocycles. The van der Waals surface area contributed by atoms with Crippen molar-refractivity contribution in [2.24, 2.45) is 7.05 Å². The molecular weight excluding hydrogens is 364 g/mol. The Morgan fingerprint density at radius 2 is 2.19 bits per heavy atom. The van der Waals surface area contributed by atoms with Crippen LogP contribution in [0, 0.1) is 11.3 Å². The fourth-order valence-electron chi connectivity index (χ4n) is 2.31. The Bertz CT molecular complexity index is 1040. The highest BCUT2D eigenvalue weighted by molar-refractivity contribution is 5.91. The third kappa shape index (κ3) is 3.64. The molecule has 0 aliphatic rings. The Labute approximate surface area is 151 Å². The van der Waals surface area contributed by atoms with Gasteiger partial charge in [-0.15, -0.1) is 0 Å². The van der Waals surface area contributed by atoms with Crippen LogP contribution in [0.3, 0.4) is 0 Å². The molecule has 11 heteroatoms. The summed E-state index contributed by atoms with van der Waals surface area (Å²) in [6.45, 7) is -1.28. The number of carbonyl (C=O) groups is 1. The lowest BCUT2D eigenvalue weighted by molar-refractivity contribution is -0.0489. The number of oxazole rings is 1. The van der Waals surface area contributed by atoms with E-state index in [2.05, 4.69) is 20.0 Å². The zero-order chi connectivity index (χ0) is 19.6. The zero-order valence-electron chi connectivity index (χ0n) is 14.2. The molecule has 1 amide bonds. The van der Waals surface area contributed by atoms with Gasteiger partial charge in [0.05, 0.1) is 6.33 Å². The van der Waals surface area contributed by atoms with Gasteiger partial charge in [0, 0.05) is 13.5 Å². The normalized spacial score (nSPS) is 10.8. The van der Waals surface area contributed by atoms with E-state index in [0.717, 1.165) is 0 Å². The number of alkyl halides is 2. The second-order valence-electron chi connectivity index (χ2n) is 5.26. The second kappa shape index (κ2) is 7.28. The molecule has 2 heterocycles. The van der Waals surface area contributed by atoms with Gasteiger partial charge in [-0.05, 0) is 12.1 Å². The van der Waals surface area contributed by atoms with Gasteiger partial charge in [0.25, 0.3) is 0 Å². The smallest absolute Gasteiger partial charge is 0.418 e. The second-order valence-corrected chi connectivity index (χ2v) is 5.26. The summed E-state index contributed by atoms with van der Waals surface area (Å²) in [4.78, 5) is 20.1. The average molecular weight is 377 g/mol. The number of imidazole rings is 1. The molecule has 2 aromatic heterocycles. The number of carbonyl (C=O) groups excluding carboxylic acids is 1. The maximum Gasteiger partial charge on any atom is 0.418 e. The molecular formula is C16H13F2N5O4. The van der Waals surface area contributed by atoms with Crippen molar-refractivity contribution in [3.8, 4) is 17.6 Å². The van der Waals surface area contributed by atoms with Gasteiger partial charge in [0.15, 0.2) is 34.4 Å². The zero-order valence-corrected chi connectivity index (χ0v) is 14.2. The number of nitrogens with zero attached hydrogens (tertiary/aromatic N) is 4. The highest BCUT2D eigenvalue weighted by atomic mass is 19.3. The van der Waals surface area contributed by atoms with Gasteiger partial charge >= 0.3 is 12.7 Å². The van der Waals surface area contributed by atoms with Crippen molar-refractivity contribution >= 4 is 23.0 Å². The van der Waals surface area contributed by atoms with Crippen molar-refractivity contribution in [2.75, 3.05) is 5.32 Å². The van der Waals surface area contributed by atoms with E-state index in [-0.39, 0.29) is 40.0 Å². The number of nitrogens with one attached hydrogen (secondary N) is 1.